The van der Waals surface area contributed by atoms with Gasteiger partial charge in [0.2, 0.25) is 0 Å². The number of phenols is 1. The van der Waals surface area contributed by atoms with Crippen LogP contribution >= 0.6 is 0 Å². The zero-order valence-corrected chi connectivity index (χ0v) is 12.9. The topological polar surface area (TPSA) is 86.6 Å². The molecule has 0 unspecified atom stereocenters. The molecule has 1 aliphatic rings. The summed E-state index contributed by atoms with van der Waals surface area (Å²) in [4.78, 5) is -0.299. The number of hydrogen-bond acceptors (Lipinski definition) is 4. The first-order valence-corrected chi connectivity index (χ1v) is 8.88. The van der Waals surface area contributed by atoms with Crippen LogP contribution in [0, 0.1) is 0 Å². The van der Waals surface area contributed by atoms with Crippen LogP contribution in [0.15, 0.2) is 35.2 Å². The normalized spacial score (nSPS) is 16.8. The van der Waals surface area contributed by atoms with Crippen molar-refractivity contribution in [2.45, 2.75) is 43.0 Å². The predicted octanol–water partition coefficient (Wildman–Crippen LogP) is 3.54. The summed E-state index contributed by atoms with van der Waals surface area (Å²) in [5.41, 5.74) is 0.895. The van der Waals surface area contributed by atoms with Gasteiger partial charge in [-0.15, -0.1) is 0 Å². The van der Waals surface area contributed by atoms with E-state index < -0.39 is 10.1 Å². The summed E-state index contributed by atoms with van der Waals surface area (Å²) < 4.78 is 31.7. The molecule has 0 aromatic heterocycles. The van der Waals surface area contributed by atoms with Gasteiger partial charge in [-0.2, -0.15) is 8.42 Å². The summed E-state index contributed by atoms with van der Waals surface area (Å²) >= 11 is 0. The standard InChI is InChI=1S/C16H19NO4S/c18-16-10-14(22(19,20)21)9-11-8-13(6-7-15(11)16)17-12-4-2-1-3-5-12/h6-10,12,17-18H,1-5H2,(H,19,20,21). The second kappa shape index (κ2) is 5.78. The molecule has 2 aromatic carbocycles. The highest BCUT2D eigenvalue weighted by Gasteiger charge is 2.15. The maximum atomic E-state index is 11.3. The van der Waals surface area contributed by atoms with Crippen molar-refractivity contribution in [2.24, 2.45) is 0 Å². The molecule has 0 radical (unpaired) electrons. The number of anilines is 1. The molecule has 1 aliphatic carbocycles. The van der Waals surface area contributed by atoms with Crippen LogP contribution in [0.5, 0.6) is 5.75 Å². The van der Waals surface area contributed by atoms with E-state index in [9.17, 15) is 13.5 Å². The Morgan fingerprint density at radius 2 is 1.77 bits per heavy atom. The second-order valence-corrected chi connectivity index (χ2v) is 7.25. The Morgan fingerprint density at radius 1 is 1.05 bits per heavy atom. The Labute approximate surface area is 129 Å². The monoisotopic (exact) mass is 321 g/mol. The zero-order valence-electron chi connectivity index (χ0n) is 12.1. The predicted molar refractivity (Wildman–Crippen MR) is 85.9 cm³/mol. The highest BCUT2D eigenvalue weighted by atomic mass is 32.2. The third kappa shape index (κ3) is 3.18. The molecule has 6 heteroatoms. The second-order valence-electron chi connectivity index (χ2n) is 5.83. The molecule has 3 N–H and O–H groups in total. The first-order chi connectivity index (χ1) is 10.4. The highest BCUT2D eigenvalue weighted by molar-refractivity contribution is 7.85. The fourth-order valence-corrected chi connectivity index (χ4v) is 3.58. The largest absolute Gasteiger partial charge is 0.507 e. The number of nitrogens with one attached hydrogen (secondary N) is 1. The van der Waals surface area contributed by atoms with Crippen LogP contribution in [0.25, 0.3) is 10.8 Å². The van der Waals surface area contributed by atoms with E-state index in [1.165, 1.54) is 25.3 Å². The van der Waals surface area contributed by atoms with Crippen LogP contribution in [0.1, 0.15) is 32.1 Å². The van der Waals surface area contributed by atoms with Crippen molar-refractivity contribution in [3.05, 3.63) is 30.3 Å². The van der Waals surface area contributed by atoms with Crippen molar-refractivity contribution in [1.29, 1.82) is 0 Å². The lowest BCUT2D eigenvalue weighted by molar-refractivity contribution is 0.463. The maximum absolute atomic E-state index is 11.3. The van der Waals surface area contributed by atoms with Crippen molar-refractivity contribution in [3.63, 3.8) is 0 Å². The minimum Gasteiger partial charge on any atom is -0.507 e. The Morgan fingerprint density at radius 3 is 2.45 bits per heavy atom. The molecule has 0 amide bonds. The molecule has 0 atom stereocenters. The minimum atomic E-state index is -4.34. The third-order valence-electron chi connectivity index (χ3n) is 4.18. The van der Waals surface area contributed by atoms with E-state index in [4.69, 9.17) is 4.55 Å². The van der Waals surface area contributed by atoms with Gasteiger partial charge in [-0.25, -0.2) is 0 Å². The number of rotatable bonds is 3. The minimum absolute atomic E-state index is 0.158. The molecule has 0 spiro atoms. The molecule has 118 valence electrons. The number of fused-ring (bicyclic) bond motifs is 1. The lowest BCUT2D eigenvalue weighted by Gasteiger charge is -2.24. The Bertz CT molecular complexity index is 795. The zero-order chi connectivity index (χ0) is 15.7. The quantitative estimate of drug-likeness (QED) is 0.753. The molecule has 0 saturated heterocycles. The van der Waals surface area contributed by atoms with Crippen molar-refractivity contribution in [1.82, 2.24) is 0 Å². The van der Waals surface area contributed by atoms with Crippen LogP contribution in [-0.4, -0.2) is 24.1 Å². The van der Waals surface area contributed by atoms with Gasteiger partial charge in [-0.05, 0) is 42.5 Å². The smallest absolute Gasteiger partial charge is 0.294 e. The van der Waals surface area contributed by atoms with E-state index in [1.807, 2.05) is 6.07 Å². The van der Waals surface area contributed by atoms with E-state index in [1.54, 1.807) is 12.1 Å². The number of phenolic OH excluding ortho intramolecular Hbond substituents is 1. The van der Waals surface area contributed by atoms with Crippen LogP contribution in [0.3, 0.4) is 0 Å². The number of benzene rings is 2. The lowest BCUT2D eigenvalue weighted by Crippen LogP contribution is -2.22. The summed E-state index contributed by atoms with van der Waals surface area (Å²) in [6.45, 7) is 0. The van der Waals surface area contributed by atoms with E-state index in [-0.39, 0.29) is 10.6 Å². The fraction of sp³-hybridized carbons (Fsp3) is 0.375. The van der Waals surface area contributed by atoms with E-state index in [0.29, 0.717) is 16.8 Å². The average Bonchev–Trinajstić information content (AvgIpc) is 2.47. The molecule has 0 bridgehead atoms. The highest BCUT2D eigenvalue weighted by Crippen LogP contribution is 2.31. The number of hydrogen-bond donors (Lipinski definition) is 3. The average molecular weight is 321 g/mol. The summed E-state index contributed by atoms with van der Waals surface area (Å²) in [6.07, 6.45) is 5.99. The molecular weight excluding hydrogens is 302 g/mol. The molecule has 1 fully saturated rings. The summed E-state index contributed by atoms with van der Waals surface area (Å²) in [6, 6.07) is 8.30. The maximum Gasteiger partial charge on any atom is 0.294 e. The van der Waals surface area contributed by atoms with E-state index >= 15 is 0 Å². The summed E-state index contributed by atoms with van der Waals surface area (Å²) in [5, 5.41) is 14.5. The van der Waals surface area contributed by atoms with E-state index in [2.05, 4.69) is 5.32 Å². The summed E-state index contributed by atoms with van der Waals surface area (Å²) in [5.74, 6) is -0.158. The first kappa shape index (κ1) is 15.1. The van der Waals surface area contributed by atoms with Crippen LogP contribution in [0.2, 0.25) is 0 Å². The van der Waals surface area contributed by atoms with Crippen molar-refractivity contribution in [2.75, 3.05) is 5.32 Å². The van der Waals surface area contributed by atoms with Crippen molar-refractivity contribution in [3.8, 4) is 5.75 Å². The molecule has 1 saturated carbocycles. The van der Waals surface area contributed by atoms with Crippen molar-refractivity contribution >= 4 is 26.6 Å². The molecule has 0 heterocycles. The SMILES string of the molecule is O=S(=O)(O)c1cc(O)c2ccc(NC3CCCCC3)cc2c1. The van der Waals surface area contributed by atoms with Crippen molar-refractivity contribution < 1.29 is 18.1 Å². The third-order valence-corrected chi connectivity index (χ3v) is 5.01. The Hall–Kier alpha value is -1.79. The Kier molecular flexibility index (Phi) is 3.97. The van der Waals surface area contributed by atoms with Gasteiger partial charge in [0.05, 0.1) is 4.90 Å². The van der Waals surface area contributed by atoms with Gasteiger partial charge in [-0.3, -0.25) is 4.55 Å². The molecular formula is C16H19NO4S. The van der Waals surface area contributed by atoms with Crippen LogP contribution < -0.4 is 5.32 Å². The summed E-state index contributed by atoms with van der Waals surface area (Å²) in [7, 11) is -4.34. The molecule has 3 rings (SSSR count). The van der Waals surface area contributed by atoms with Gasteiger partial charge < -0.3 is 10.4 Å². The Balaban J connectivity index is 1.97. The van der Waals surface area contributed by atoms with Gasteiger partial charge in [0.25, 0.3) is 10.1 Å². The van der Waals surface area contributed by atoms with Gasteiger partial charge in [-0.1, -0.05) is 19.3 Å². The lowest BCUT2D eigenvalue weighted by atomic mass is 9.95. The van der Waals surface area contributed by atoms with Gasteiger partial charge >= 0.3 is 0 Å². The van der Waals surface area contributed by atoms with E-state index in [0.717, 1.165) is 24.6 Å². The van der Waals surface area contributed by atoms with Crippen LogP contribution in [0.4, 0.5) is 5.69 Å². The fourth-order valence-electron chi connectivity index (χ4n) is 3.04. The molecule has 5 nitrogen and oxygen atoms in total. The van der Waals surface area contributed by atoms with Gasteiger partial charge in [0.15, 0.2) is 0 Å². The van der Waals surface area contributed by atoms with Gasteiger partial charge in [0, 0.05) is 23.2 Å². The van der Waals surface area contributed by atoms with Crippen LogP contribution in [-0.2, 0) is 10.1 Å². The number of aromatic hydroxyl groups is 1. The molecule has 22 heavy (non-hydrogen) atoms. The molecule has 2 aromatic rings. The molecule has 0 aliphatic heterocycles. The first-order valence-electron chi connectivity index (χ1n) is 7.44. The van der Waals surface area contributed by atoms with Gasteiger partial charge in [0.1, 0.15) is 5.75 Å².